The lowest BCUT2D eigenvalue weighted by Gasteiger charge is -2.17. The van der Waals surface area contributed by atoms with Crippen LogP contribution in [0.1, 0.15) is 13.8 Å². The van der Waals surface area contributed by atoms with Crippen molar-refractivity contribution in [3.05, 3.63) is 23.2 Å². The van der Waals surface area contributed by atoms with Crippen LogP contribution in [0.5, 0.6) is 0 Å². The highest BCUT2D eigenvalue weighted by Crippen LogP contribution is 2.25. The van der Waals surface area contributed by atoms with E-state index in [1.165, 1.54) is 11.8 Å². The van der Waals surface area contributed by atoms with E-state index in [9.17, 15) is 4.79 Å². The second-order valence-electron chi connectivity index (χ2n) is 4.44. The van der Waals surface area contributed by atoms with Gasteiger partial charge in [-0.3, -0.25) is 4.79 Å². The Morgan fingerprint density at radius 1 is 1.40 bits per heavy atom. The van der Waals surface area contributed by atoms with Crippen LogP contribution in [0.4, 0.5) is 0 Å². The Hall–Kier alpha value is -1.20. The first-order valence-electron chi connectivity index (χ1n) is 6.59. The van der Waals surface area contributed by atoms with E-state index in [2.05, 4.69) is 4.98 Å². The van der Waals surface area contributed by atoms with Gasteiger partial charge in [-0.05, 0) is 32.0 Å². The Bertz CT molecular complexity index is 622. The number of benzene rings is 1. The number of amides is 1. The van der Waals surface area contributed by atoms with Crippen molar-refractivity contribution in [2.75, 3.05) is 18.8 Å². The average molecular weight is 312 g/mol. The van der Waals surface area contributed by atoms with Crippen LogP contribution in [-0.2, 0) is 11.8 Å². The molecule has 0 aliphatic heterocycles. The summed E-state index contributed by atoms with van der Waals surface area (Å²) < 4.78 is 1.99. The molecule has 2 aromatic rings. The summed E-state index contributed by atoms with van der Waals surface area (Å²) in [5.41, 5.74) is 1.88. The molecule has 0 aliphatic carbocycles. The quantitative estimate of drug-likeness (QED) is 0.796. The molecule has 0 fully saturated rings. The summed E-state index contributed by atoms with van der Waals surface area (Å²) in [6.45, 7) is 5.47. The highest BCUT2D eigenvalue weighted by molar-refractivity contribution is 7.99. The minimum atomic E-state index is 0.144. The van der Waals surface area contributed by atoms with Gasteiger partial charge < -0.3 is 9.47 Å². The topological polar surface area (TPSA) is 38.1 Å². The summed E-state index contributed by atoms with van der Waals surface area (Å²) in [6, 6.07) is 5.63. The summed E-state index contributed by atoms with van der Waals surface area (Å²) in [7, 11) is 1.95. The first kappa shape index (κ1) is 15.2. The predicted octanol–water partition coefficient (Wildman–Crippen LogP) is 3.19. The van der Waals surface area contributed by atoms with Gasteiger partial charge in [0.05, 0.1) is 16.8 Å². The van der Waals surface area contributed by atoms with Gasteiger partial charge in [0.2, 0.25) is 5.91 Å². The van der Waals surface area contributed by atoms with Gasteiger partial charge >= 0.3 is 0 Å². The van der Waals surface area contributed by atoms with Crippen molar-refractivity contribution in [1.82, 2.24) is 14.5 Å². The lowest BCUT2D eigenvalue weighted by molar-refractivity contribution is -0.127. The Morgan fingerprint density at radius 3 is 2.75 bits per heavy atom. The number of thioether (sulfide) groups is 1. The van der Waals surface area contributed by atoms with Crippen molar-refractivity contribution in [3.63, 3.8) is 0 Å². The molecule has 20 heavy (non-hydrogen) atoms. The summed E-state index contributed by atoms with van der Waals surface area (Å²) in [5, 5.41) is 1.51. The van der Waals surface area contributed by atoms with Gasteiger partial charge in [0.1, 0.15) is 0 Å². The molecule has 0 bridgehead atoms. The van der Waals surface area contributed by atoms with E-state index in [1.807, 2.05) is 48.6 Å². The van der Waals surface area contributed by atoms with Gasteiger partial charge in [0.25, 0.3) is 0 Å². The molecule has 0 aliphatic rings. The van der Waals surface area contributed by atoms with Gasteiger partial charge in [0.15, 0.2) is 5.16 Å². The van der Waals surface area contributed by atoms with Gasteiger partial charge in [-0.1, -0.05) is 23.4 Å². The molecule has 0 atom stereocenters. The largest absolute Gasteiger partial charge is 0.343 e. The molecular formula is C14H18ClN3OS. The maximum absolute atomic E-state index is 12.0. The maximum Gasteiger partial charge on any atom is 0.233 e. The van der Waals surface area contributed by atoms with E-state index >= 15 is 0 Å². The number of aromatic nitrogens is 2. The monoisotopic (exact) mass is 311 g/mol. The second kappa shape index (κ2) is 6.50. The molecule has 6 heteroatoms. The molecule has 0 spiro atoms. The third-order valence-corrected chi connectivity index (χ3v) is 4.49. The Balaban J connectivity index is 2.14. The standard InChI is InChI=1S/C14H18ClN3OS/c1-4-18(5-2)13(19)9-20-14-16-11-8-10(15)6-7-12(11)17(14)3/h6-8H,4-5,9H2,1-3H3. The van der Waals surface area contributed by atoms with Gasteiger partial charge in [-0.25, -0.2) is 4.98 Å². The molecule has 0 N–H and O–H groups in total. The molecule has 1 aromatic heterocycles. The molecule has 4 nitrogen and oxygen atoms in total. The van der Waals surface area contributed by atoms with E-state index in [4.69, 9.17) is 11.6 Å². The van der Waals surface area contributed by atoms with E-state index in [-0.39, 0.29) is 5.91 Å². The summed E-state index contributed by atoms with van der Waals surface area (Å²) >= 11 is 7.43. The average Bonchev–Trinajstić information content (AvgIpc) is 2.74. The SMILES string of the molecule is CCN(CC)C(=O)CSc1nc2cc(Cl)ccc2n1C. The van der Waals surface area contributed by atoms with Crippen LogP contribution in [0.15, 0.2) is 23.4 Å². The van der Waals surface area contributed by atoms with Crippen LogP contribution in [0.3, 0.4) is 0 Å². The smallest absolute Gasteiger partial charge is 0.233 e. The zero-order valence-corrected chi connectivity index (χ0v) is 13.5. The van der Waals surface area contributed by atoms with E-state index < -0.39 is 0 Å². The highest BCUT2D eigenvalue weighted by Gasteiger charge is 2.13. The summed E-state index contributed by atoms with van der Waals surface area (Å²) in [5.74, 6) is 0.553. The highest BCUT2D eigenvalue weighted by atomic mass is 35.5. The minimum absolute atomic E-state index is 0.144. The van der Waals surface area contributed by atoms with Crippen LogP contribution in [0.2, 0.25) is 5.02 Å². The Labute approximate surface area is 128 Å². The number of carbonyl (C=O) groups excluding carboxylic acids is 1. The fourth-order valence-corrected chi connectivity index (χ4v) is 3.13. The number of nitrogens with zero attached hydrogens (tertiary/aromatic N) is 3. The molecule has 1 aromatic carbocycles. The fourth-order valence-electron chi connectivity index (χ4n) is 2.07. The molecule has 0 unspecified atom stereocenters. The second-order valence-corrected chi connectivity index (χ2v) is 5.82. The van der Waals surface area contributed by atoms with Crippen molar-refractivity contribution in [3.8, 4) is 0 Å². The van der Waals surface area contributed by atoms with Crippen molar-refractivity contribution in [2.24, 2.45) is 7.05 Å². The normalized spacial score (nSPS) is 11.0. The van der Waals surface area contributed by atoms with Gasteiger partial charge in [-0.2, -0.15) is 0 Å². The zero-order chi connectivity index (χ0) is 14.7. The minimum Gasteiger partial charge on any atom is -0.343 e. The maximum atomic E-state index is 12.0. The molecule has 2 rings (SSSR count). The molecular weight excluding hydrogens is 294 g/mol. The van der Waals surface area contributed by atoms with Crippen LogP contribution < -0.4 is 0 Å². The molecule has 0 saturated carbocycles. The zero-order valence-electron chi connectivity index (χ0n) is 11.9. The van der Waals surface area contributed by atoms with Crippen molar-refractivity contribution in [1.29, 1.82) is 0 Å². The van der Waals surface area contributed by atoms with Crippen LogP contribution >= 0.6 is 23.4 Å². The number of imidazole rings is 1. The van der Waals surface area contributed by atoms with Crippen LogP contribution in [-0.4, -0.2) is 39.2 Å². The molecule has 0 radical (unpaired) electrons. The number of halogens is 1. The lowest BCUT2D eigenvalue weighted by atomic mass is 10.3. The molecule has 1 amide bonds. The lowest BCUT2D eigenvalue weighted by Crippen LogP contribution is -2.31. The van der Waals surface area contributed by atoms with Crippen molar-refractivity contribution in [2.45, 2.75) is 19.0 Å². The van der Waals surface area contributed by atoms with E-state index in [1.54, 1.807) is 0 Å². The fraction of sp³-hybridized carbons (Fsp3) is 0.429. The predicted molar refractivity (Wildman–Crippen MR) is 84.4 cm³/mol. The van der Waals surface area contributed by atoms with Gasteiger partial charge in [-0.15, -0.1) is 0 Å². The summed E-state index contributed by atoms with van der Waals surface area (Å²) in [6.07, 6.45) is 0. The number of carbonyl (C=O) groups is 1. The van der Waals surface area contributed by atoms with Crippen molar-refractivity contribution >= 4 is 40.3 Å². The third-order valence-electron chi connectivity index (χ3n) is 3.24. The number of fused-ring (bicyclic) bond motifs is 1. The third kappa shape index (κ3) is 3.10. The molecule has 108 valence electrons. The molecule has 1 heterocycles. The van der Waals surface area contributed by atoms with Crippen molar-refractivity contribution < 1.29 is 4.79 Å². The number of hydrogen-bond donors (Lipinski definition) is 0. The first-order valence-corrected chi connectivity index (χ1v) is 7.95. The van der Waals surface area contributed by atoms with Gasteiger partial charge in [0, 0.05) is 25.2 Å². The molecule has 0 saturated heterocycles. The van der Waals surface area contributed by atoms with E-state index in [0.717, 1.165) is 29.3 Å². The number of hydrogen-bond acceptors (Lipinski definition) is 3. The van der Waals surface area contributed by atoms with Crippen LogP contribution in [0, 0.1) is 0 Å². The van der Waals surface area contributed by atoms with Crippen LogP contribution in [0.25, 0.3) is 11.0 Å². The Morgan fingerprint density at radius 2 is 2.10 bits per heavy atom. The number of aryl methyl sites for hydroxylation is 1. The first-order chi connectivity index (χ1) is 9.56. The van der Waals surface area contributed by atoms with E-state index in [0.29, 0.717) is 10.8 Å². The number of rotatable bonds is 5. The summed E-state index contributed by atoms with van der Waals surface area (Å²) in [4.78, 5) is 18.4. The Kier molecular flexibility index (Phi) is 4.94.